The van der Waals surface area contributed by atoms with E-state index >= 15 is 0 Å². The molecule has 0 bridgehead atoms. The molecule has 0 radical (unpaired) electrons. The van der Waals surface area contributed by atoms with Gasteiger partial charge >= 0.3 is 60.7 Å². The Labute approximate surface area is 163 Å². The van der Waals surface area contributed by atoms with Crippen molar-refractivity contribution in [2.75, 3.05) is 0 Å². The van der Waals surface area contributed by atoms with E-state index in [0.29, 0.717) is 0 Å². The zero-order valence-electron chi connectivity index (χ0n) is 14.3. The summed E-state index contributed by atoms with van der Waals surface area (Å²) >= 11 is 1.33. The van der Waals surface area contributed by atoms with E-state index in [2.05, 4.69) is 35.4 Å². The van der Waals surface area contributed by atoms with Crippen molar-refractivity contribution in [2.45, 2.75) is 0 Å². The second-order valence-corrected chi connectivity index (χ2v) is 5.88. The largest absolute Gasteiger partial charge is 0.214 e. The summed E-state index contributed by atoms with van der Waals surface area (Å²) in [6.45, 7) is 3.72. The van der Waals surface area contributed by atoms with E-state index in [1.165, 1.54) is 26.2 Å². The molecule has 0 nitrogen and oxygen atoms in total. The topological polar surface area (TPSA) is 0 Å². The first-order chi connectivity index (χ1) is 12.3. The first kappa shape index (κ1) is 20.7. The van der Waals surface area contributed by atoms with Gasteiger partial charge in [0.25, 0.3) is 0 Å². The summed E-state index contributed by atoms with van der Waals surface area (Å²) < 4.78 is 2.19. The molecule has 0 heterocycles. The van der Waals surface area contributed by atoms with Crippen LogP contribution in [0.5, 0.6) is 0 Å². The van der Waals surface area contributed by atoms with E-state index in [0.717, 1.165) is 5.56 Å². The zero-order valence-corrected chi connectivity index (χ0v) is 17.5. The third-order valence-corrected chi connectivity index (χ3v) is 3.97. The van der Waals surface area contributed by atoms with Crippen molar-refractivity contribution in [3.8, 4) is 0 Å². The molecule has 0 amide bonds. The van der Waals surface area contributed by atoms with Crippen LogP contribution in [0.4, 0.5) is 0 Å². The SMILES string of the molecule is [CH2-]c1ccccc1.[Ta]=[CH]c1ccccc1.c1cc[cH-]c1.c1cc[cH-]c1. The van der Waals surface area contributed by atoms with Crippen molar-refractivity contribution in [3.05, 3.63) is 139 Å². The van der Waals surface area contributed by atoms with Gasteiger partial charge in [-0.05, 0) is 0 Å². The van der Waals surface area contributed by atoms with Crippen LogP contribution in [0, 0.1) is 6.92 Å². The average Bonchev–Trinajstić information content (AvgIpc) is 3.42. The van der Waals surface area contributed by atoms with Gasteiger partial charge in [0, 0.05) is 0 Å². The number of hydrogen-bond acceptors (Lipinski definition) is 0. The predicted molar refractivity (Wildman–Crippen MR) is 107 cm³/mol. The fourth-order valence-corrected chi connectivity index (χ4v) is 2.28. The summed E-state index contributed by atoms with van der Waals surface area (Å²) in [7, 11) is 0. The maximum atomic E-state index is 3.72. The molecule has 0 saturated carbocycles. The van der Waals surface area contributed by atoms with E-state index < -0.39 is 0 Å². The molecule has 0 N–H and O–H groups in total. The minimum atomic E-state index is 1.07. The van der Waals surface area contributed by atoms with Gasteiger partial charge in [-0.25, -0.2) is 24.3 Å². The summed E-state index contributed by atoms with van der Waals surface area (Å²) in [6, 6.07) is 40.2. The monoisotopic (exact) mass is 492 g/mol. The summed E-state index contributed by atoms with van der Waals surface area (Å²) in [5.74, 6) is 0. The van der Waals surface area contributed by atoms with Crippen LogP contribution in [0.2, 0.25) is 0 Å². The molecule has 4 aromatic carbocycles. The van der Waals surface area contributed by atoms with Crippen LogP contribution >= 0.6 is 0 Å². The molecule has 4 aromatic rings. The predicted octanol–water partition coefficient (Wildman–Crippen LogP) is 6.06. The van der Waals surface area contributed by atoms with Crippen LogP contribution in [-0.4, -0.2) is 4.23 Å². The Kier molecular flexibility index (Phi) is 12.5. The Morgan fingerprint density at radius 3 is 1.20 bits per heavy atom. The van der Waals surface area contributed by atoms with Gasteiger partial charge in [0.05, 0.1) is 0 Å². The number of rotatable bonds is 1. The van der Waals surface area contributed by atoms with Crippen molar-refractivity contribution in [2.24, 2.45) is 0 Å². The summed E-state index contributed by atoms with van der Waals surface area (Å²) in [5.41, 5.74) is 2.41. The van der Waals surface area contributed by atoms with E-state index in [1.54, 1.807) is 0 Å². The smallest absolute Gasteiger partial charge is 0.172 e. The second kappa shape index (κ2) is 15.2. The maximum absolute atomic E-state index is 3.72. The summed E-state index contributed by atoms with van der Waals surface area (Å²) in [6.07, 6.45) is 0. The first-order valence-corrected chi connectivity index (χ1v) is 9.91. The fourth-order valence-electron chi connectivity index (χ4n) is 1.66. The summed E-state index contributed by atoms with van der Waals surface area (Å²) in [5, 5.41) is 0. The molecule has 4 rings (SSSR count). The van der Waals surface area contributed by atoms with Crippen LogP contribution in [0.3, 0.4) is 0 Å². The zero-order chi connectivity index (χ0) is 18.0. The second-order valence-electron chi connectivity index (χ2n) is 4.95. The minimum Gasteiger partial charge on any atom is -0.214 e. The van der Waals surface area contributed by atoms with Crippen molar-refractivity contribution in [1.82, 2.24) is 0 Å². The summed E-state index contributed by atoms with van der Waals surface area (Å²) in [4.78, 5) is 0. The standard InChI is InChI=1S/C7H7.C7H6.2C5H5.Ta/c2*1-7-5-3-2-4-6-7;2*1-2-4-5-3-1;/h2-6H,1H2;1-6H;2*1-5H;/q-1;;2*-1;. The normalized spacial score (nSPS) is 8.28. The average molecular weight is 492 g/mol. The Balaban J connectivity index is 0.000000170. The molecule has 0 fully saturated rings. The fraction of sp³-hybridized carbons (Fsp3) is 0. The van der Waals surface area contributed by atoms with Crippen LogP contribution in [0.15, 0.2) is 121 Å². The van der Waals surface area contributed by atoms with Gasteiger partial charge in [0.2, 0.25) is 0 Å². The van der Waals surface area contributed by atoms with Gasteiger partial charge in [-0.2, -0.15) is 61.0 Å². The third kappa shape index (κ3) is 12.7. The molecule has 0 atom stereocenters. The van der Waals surface area contributed by atoms with Gasteiger partial charge in [-0.3, -0.25) is 0 Å². The van der Waals surface area contributed by atoms with E-state index in [9.17, 15) is 0 Å². The molecule has 1 heteroatoms. The molecule has 25 heavy (non-hydrogen) atoms. The Hall–Kier alpha value is -2.38. The van der Waals surface area contributed by atoms with Crippen LogP contribution < -0.4 is 0 Å². The van der Waals surface area contributed by atoms with Crippen LogP contribution in [-0.2, 0) is 20.6 Å². The van der Waals surface area contributed by atoms with Crippen molar-refractivity contribution in [3.63, 3.8) is 0 Å². The Bertz CT molecular complexity index is 648. The third-order valence-electron chi connectivity index (χ3n) is 2.90. The van der Waals surface area contributed by atoms with Gasteiger partial charge in [-0.1, -0.05) is 6.07 Å². The Morgan fingerprint density at radius 2 is 1.00 bits per heavy atom. The molecule has 0 aliphatic rings. The molecule has 0 spiro atoms. The quantitative estimate of drug-likeness (QED) is 0.283. The van der Waals surface area contributed by atoms with E-state index in [4.69, 9.17) is 0 Å². The number of benzene rings is 2. The molecule has 0 aliphatic heterocycles. The van der Waals surface area contributed by atoms with Crippen LogP contribution in [0.25, 0.3) is 0 Å². The maximum Gasteiger partial charge on any atom is -0.172 e. The van der Waals surface area contributed by atoms with Crippen LogP contribution in [0.1, 0.15) is 11.1 Å². The molecule has 0 aromatic heterocycles. The van der Waals surface area contributed by atoms with Gasteiger partial charge in [-0.15, -0.1) is 12.1 Å². The van der Waals surface area contributed by atoms with Crippen molar-refractivity contribution in [1.29, 1.82) is 0 Å². The van der Waals surface area contributed by atoms with Gasteiger partial charge in [0.15, 0.2) is 0 Å². The Morgan fingerprint density at radius 1 is 0.600 bits per heavy atom. The molecule has 0 unspecified atom stereocenters. The molecular weight excluding hydrogens is 469 g/mol. The van der Waals surface area contributed by atoms with Crippen molar-refractivity contribution >= 4 is 4.23 Å². The molecular formula is C24H23Ta-3. The van der Waals surface area contributed by atoms with Crippen molar-refractivity contribution < 1.29 is 20.6 Å². The van der Waals surface area contributed by atoms with Gasteiger partial charge < -0.3 is 0 Å². The molecule has 0 saturated heterocycles. The molecule has 0 aliphatic carbocycles. The minimum absolute atomic E-state index is 1.07. The molecule has 127 valence electrons. The van der Waals surface area contributed by atoms with E-state index in [-0.39, 0.29) is 0 Å². The van der Waals surface area contributed by atoms with E-state index in [1.807, 2.05) is 97.1 Å². The first-order valence-electron chi connectivity index (χ1n) is 8.06. The number of hydrogen-bond donors (Lipinski definition) is 0. The van der Waals surface area contributed by atoms with Gasteiger partial charge in [0.1, 0.15) is 0 Å².